The monoisotopic (exact) mass is 249 g/mol. The third kappa shape index (κ3) is 3.22. The largest absolute Gasteiger partial charge is 0.388 e. The van der Waals surface area contributed by atoms with E-state index < -0.39 is 10.8 Å². The van der Waals surface area contributed by atoms with E-state index in [-0.39, 0.29) is 12.6 Å². The van der Waals surface area contributed by atoms with Crippen molar-refractivity contribution in [3.63, 3.8) is 0 Å². The second-order valence-electron chi connectivity index (χ2n) is 3.39. The summed E-state index contributed by atoms with van der Waals surface area (Å²) in [6.45, 7) is 1.82. The SMILES string of the molecule is CC(CCS(C)=O)n1c(CO)n[nH]c1=S. The first-order valence-corrected chi connectivity index (χ1v) is 6.76. The van der Waals surface area contributed by atoms with E-state index in [4.69, 9.17) is 17.3 Å². The number of hydrogen-bond donors (Lipinski definition) is 2. The molecule has 5 nitrogen and oxygen atoms in total. The first-order valence-electron chi connectivity index (χ1n) is 4.63. The van der Waals surface area contributed by atoms with Gasteiger partial charge in [-0.15, -0.1) is 0 Å². The lowest BCUT2D eigenvalue weighted by Crippen LogP contribution is -2.12. The van der Waals surface area contributed by atoms with Gasteiger partial charge >= 0.3 is 0 Å². The highest BCUT2D eigenvalue weighted by Crippen LogP contribution is 2.13. The van der Waals surface area contributed by atoms with Crippen LogP contribution in [0.25, 0.3) is 0 Å². The summed E-state index contributed by atoms with van der Waals surface area (Å²) in [7, 11) is -0.803. The molecule has 1 rings (SSSR count). The Kier molecular flexibility index (Phi) is 4.62. The standard InChI is InChI=1S/C8H15N3O2S2/c1-6(3-4-15(2)13)11-7(5-12)9-10-8(11)14/h6,12H,3-5H2,1-2H3,(H,10,14). The molecule has 0 aromatic carbocycles. The van der Waals surface area contributed by atoms with Crippen LogP contribution >= 0.6 is 12.2 Å². The lowest BCUT2D eigenvalue weighted by atomic mass is 10.2. The first-order chi connectivity index (χ1) is 7.06. The summed E-state index contributed by atoms with van der Waals surface area (Å²) in [5.74, 6) is 1.15. The number of nitrogens with zero attached hydrogens (tertiary/aromatic N) is 2. The van der Waals surface area contributed by atoms with E-state index in [2.05, 4.69) is 10.2 Å². The van der Waals surface area contributed by atoms with Crippen LogP contribution in [0.4, 0.5) is 0 Å². The topological polar surface area (TPSA) is 70.9 Å². The summed E-state index contributed by atoms with van der Waals surface area (Å²) in [4.78, 5) is 0. The molecule has 0 spiro atoms. The quantitative estimate of drug-likeness (QED) is 0.756. The maximum Gasteiger partial charge on any atom is 0.195 e. The molecule has 2 unspecified atom stereocenters. The number of H-pyrrole nitrogens is 1. The highest BCUT2D eigenvalue weighted by molar-refractivity contribution is 7.84. The van der Waals surface area contributed by atoms with Gasteiger partial charge in [-0.2, -0.15) is 5.10 Å². The maximum atomic E-state index is 11.0. The van der Waals surface area contributed by atoms with E-state index in [1.54, 1.807) is 10.8 Å². The van der Waals surface area contributed by atoms with Crippen molar-refractivity contribution in [1.82, 2.24) is 14.8 Å². The molecule has 0 aliphatic rings. The minimum atomic E-state index is -0.803. The zero-order valence-electron chi connectivity index (χ0n) is 8.77. The zero-order chi connectivity index (χ0) is 11.4. The predicted octanol–water partition coefficient (Wildman–Crippen LogP) is 0.763. The molecule has 0 bridgehead atoms. The van der Waals surface area contributed by atoms with E-state index in [1.807, 2.05) is 6.92 Å². The van der Waals surface area contributed by atoms with Crippen molar-refractivity contribution in [2.75, 3.05) is 12.0 Å². The number of aromatic amines is 1. The molecule has 2 atom stereocenters. The van der Waals surface area contributed by atoms with Gasteiger partial charge in [-0.1, -0.05) is 0 Å². The van der Waals surface area contributed by atoms with Crippen LogP contribution in [-0.4, -0.2) is 36.1 Å². The molecule has 0 fully saturated rings. The third-order valence-corrected chi connectivity index (χ3v) is 3.28. The lowest BCUT2D eigenvalue weighted by molar-refractivity contribution is 0.260. The Hall–Kier alpha value is -0.530. The molecule has 1 heterocycles. The summed E-state index contributed by atoms with van der Waals surface area (Å²) < 4.78 is 13.2. The molecular formula is C8H15N3O2S2. The van der Waals surface area contributed by atoms with Crippen LogP contribution in [0.3, 0.4) is 0 Å². The fourth-order valence-corrected chi connectivity index (χ4v) is 2.37. The molecule has 0 amide bonds. The predicted molar refractivity (Wildman–Crippen MR) is 61.6 cm³/mol. The van der Waals surface area contributed by atoms with Gasteiger partial charge in [0, 0.05) is 28.9 Å². The molecule has 2 N–H and O–H groups in total. The van der Waals surface area contributed by atoms with Gasteiger partial charge in [0.2, 0.25) is 0 Å². The van der Waals surface area contributed by atoms with Crippen molar-refractivity contribution in [2.24, 2.45) is 0 Å². The van der Waals surface area contributed by atoms with Crippen molar-refractivity contribution in [3.05, 3.63) is 10.6 Å². The van der Waals surface area contributed by atoms with Crippen LogP contribution in [0.2, 0.25) is 0 Å². The molecule has 1 aromatic rings. The maximum absolute atomic E-state index is 11.0. The molecule has 0 radical (unpaired) electrons. The Morgan fingerprint density at radius 3 is 2.93 bits per heavy atom. The Morgan fingerprint density at radius 1 is 1.73 bits per heavy atom. The summed E-state index contributed by atoms with van der Waals surface area (Å²) in [5.41, 5.74) is 0. The highest BCUT2D eigenvalue weighted by Gasteiger charge is 2.12. The van der Waals surface area contributed by atoms with Crippen molar-refractivity contribution in [2.45, 2.75) is 26.0 Å². The van der Waals surface area contributed by atoms with E-state index in [1.165, 1.54) is 0 Å². The normalized spacial score (nSPS) is 15.1. The molecule has 86 valence electrons. The van der Waals surface area contributed by atoms with Crippen LogP contribution < -0.4 is 0 Å². The molecule has 0 saturated carbocycles. The van der Waals surface area contributed by atoms with Gasteiger partial charge < -0.3 is 5.11 Å². The van der Waals surface area contributed by atoms with Gasteiger partial charge in [-0.05, 0) is 25.6 Å². The Labute approximate surface area is 96.0 Å². The first kappa shape index (κ1) is 12.5. The van der Waals surface area contributed by atoms with E-state index >= 15 is 0 Å². The van der Waals surface area contributed by atoms with Crippen molar-refractivity contribution in [1.29, 1.82) is 0 Å². The van der Waals surface area contributed by atoms with Crippen LogP contribution in [0.15, 0.2) is 0 Å². The average molecular weight is 249 g/mol. The fourth-order valence-electron chi connectivity index (χ4n) is 1.37. The second-order valence-corrected chi connectivity index (χ2v) is 5.33. The number of rotatable bonds is 5. The van der Waals surface area contributed by atoms with Crippen LogP contribution in [0.5, 0.6) is 0 Å². The summed E-state index contributed by atoms with van der Waals surface area (Å²) in [6, 6.07) is 0.0994. The minimum absolute atomic E-state index is 0.0994. The highest BCUT2D eigenvalue weighted by atomic mass is 32.2. The summed E-state index contributed by atoms with van der Waals surface area (Å²) >= 11 is 5.05. The Balaban J connectivity index is 2.80. The van der Waals surface area contributed by atoms with Gasteiger partial charge in [-0.25, -0.2) is 0 Å². The lowest BCUT2D eigenvalue weighted by Gasteiger charge is -2.13. The number of aliphatic hydroxyl groups excluding tert-OH is 1. The van der Waals surface area contributed by atoms with Gasteiger partial charge in [0.1, 0.15) is 6.61 Å². The molecule has 15 heavy (non-hydrogen) atoms. The molecular weight excluding hydrogens is 234 g/mol. The number of aliphatic hydroxyl groups is 1. The van der Waals surface area contributed by atoms with Crippen molar-refractivity contribution < 1.29 is 9.32 Å². The number of aromatic nitrogens is 3. The van der Waals surface area contributed by atoms with Gasteiger partial charge in [0.05, 0.1) is 0 Å². The van der Waals surface area contributed by atoms with E-state index in [0.29, 0.717) is 16.3 Å². The van der Waals surface area contributed by atoms with Gasteiger partial charge in [-0.3, -0.25) is 13.9 Å². The Bertz CT molecular complexity index is 399. The average Bonchev–Trinajstić information content (AvgIpc) is 2.56. The smallest absolute Gasteiger partial charge is 0.195 e. The molecule has 1 aromatic heterocycles. The summed E-state index contributed by atoms with van der Waals surface area (Å²) in [6.07, 6.45) is 2.43. The fraction of sp³-hybridized carbons (Fsp3) is 0.750. The third-order valence-electron chi connectivity index (χ3n) is 2.18. The van der Waals surface area contributed by atoms with Crippen molar-refractivity contribution in [3.8, 4) is 0 Å². The minimum Gasteiger partial charge on any atom is -0.388 e. The molecule has 0 aliphatic carbocycles. The molecule has 7 heteroatoms. The van der Waals surface area contributed by atoms with Crippen LogP contribution in [-0.2, 0) is 17.4 Å². The molecule has 0 aliphatic heterocycles. The van der Waals surface area contributed by atoms with Gasteiger partial charge in [0.15, 0.2) is 10.6 Å². The van der Waals surface area contributed by atoms with Crippen molar-refractivity contribution >= 4 is 23.0 Å². The number of hydrogen-bond acceptors (Lipinski definition) is 4. The Morgan fingerprint density at radius 2 is 2.40 bits per heavy atom. The van der Waals surface area contributed by atoms with E-state index in [0.717, 1.165) is 6.42 Å². The zero-order valence-corrected chi connectivity index (χ0v) is 10.4. The molecule has 0 saturated heterocycles. The van der Waals surface area contributed by atoms with Gasteiger partial charge in [0.25, 0.3) is 0 Å². The van der Waals surface area contributed by atoms with E-state index in [9.17, 15) is 4.21 Å². The van der Waals surface area contributed by atoms with Crippen LogP contribution in [0.1, 0.15) is 25.2 Å². The number of nitrogens with one attached hydrogen (secondary N) is 1. The second kappa shape index (κ2) is 5.53. The summed E-state index contributed by atoms with van der Waals surface area (Å²) in [5, 5.41) is 15.6. The van der Waals surface area contributed by atoms with Crippen LogP contribution in [0, 0.1) is 4.77 Å².